The van der Waals surface area contributed by atoms with Crippen molar-refractivity contribution < 1.29 is 22.3 Å². The van der Waals surface area contributed by atoms with Crippen molar-refractivity contribution >= 4 is 11.6 Å². The summed E-state index contributed by atoms with van der Waals surface area (Å²) in [5.74, 6) is -2.02. The Bertz CT molecular complexity index is 431. The summed E-state index contributed by atoms with van der Waals surface area (Å²) in [6, 6.07) is 1.52. The van der Waals surface area contributed by atoms with Gasteiger partial charge in [-0.05, 0) is 30.7 Å². The van der Waals surface area contributed by atoms with Crippen molar-refractivity contribution in [3.05, 3.63) is 34.4 Å². The molecular formula is C13H16ClF4NO. The zero-order valence-corrected chi connectivity index (χ0v) is 11.7. The highest BCUT2D eigenvalue weighted by Gasteiger charge is 2.17. The molecular weight excluding hydrogens is 298 g/mol. The van der Waals surface area contributed by atoms with E-state index in [2.05, 4.69) is 5.32 Å². The number of ether oxygens (including phenoxy) is 1. The average molecular weight is 314 g/mol. The van der Waals surface area contributed by atoms with E-state index in [1.54, 1.807) is 0 Å². The maximum Gasteiger partial charge on any atom is 0.261 e. The maximum atomic E-state index is 13.3. The predicted octanol–water partition coefficient (Wildman–Crippen LogP) is 3.94. The van der Waals surface area contributed by atoms with E-state index in [0.717, 1.165) is 12.1 Å². The lowest BCUT2D eigenvalue weighted by atomic mass is 10.0. The van der Waals surface area contributed by atoms with Gasteiger partial charge in [0.1, 0.15) is 6.61 Å². The van der Waals surface area contributed by atoms with E-state index < -0.39 is 24.7 Å². The largest absolute Gasteiger partial charge is 0.375 e. The van der Waals surface area contributed by atoms with Gasteiger partial charge in [0.2, 0.25) is 0 Å². The zero-order chi connectivity index (χ0) is 15.1. The SMILES string of the molecule is CCNC(CCOCC(F)F)c1cc(F)c(F)cc1Cl. The molecule has 7 heteroatoms. The highest BCUT2D eigenvalue weighted by atomic mass is 35.5. The average Bonchev–Trinajstić information content (AvgIpc) is 2.37. The van der Waals surface area contributed by atoms with E-state index in [1.807, 2.05) is 6.92 Å². The van der Waals surface area contributed by atoms with Gasteiger partial charge in [-0.1, -0.05) is 18.5 Å². The Morgan fingerprint density at radius 2 is 1.90 bits per heavy atom. The summed E-state index contributed by atoms with van der Waals surface area (Å²) in [7, 11) is 0. The fourth-order valence-electron chi connectivity index (χ4n) is 1.79. The van der Waals surface area contributed by atoms with Crippen molar-refractivity contribution in [2.75, 3.05) is 19.8 Å². The molecule has 0 aliphatic carbocycles. The topological polar surface area (TPSA) is 21.3 Å². The molecule has 1 rings (SSSR count). The monoisotopic (exact) mass is 313 g/mol. The Balaban J connectivity index is 2.72. The number of halogens is 5. The maximum absolute atomic E-state index is 13.3. The second-order valence-corrected chi connectivity index (χ2v) is 4.56. The van der Waals surface area contributed by atoms with Gasteiger partial charge in [0.15, 0.2) is 11.6 Å². The number of hydrogen-bond donors (Lipinski definition) is 1. The van der Waals surface area contributed by atoms with E-state index in [0.29, 0.717) is 18.5 Å². The third kappa shape index (κ3) is 5.26. The zero-order valence-electron chi connectivity index (χ0n) is 10.9. The number of hydrogen-bond acceptors (Lipinski definition) is 2. The van der Waals surface area contributed by atoms with Gasteiger partial charge in [-0.15, -0.1) is 0 Å². The molecule has 2 nitrogen and oxygen atoms in total. The summed E-state index contributed by atoms with van der Waals surface area (Å²) in [4.78, 5) is 0. The standard InChI is InChI=1S/C13H16ClF4NO/c1-2-19-12(3-4-20-7-13(17)18)8-5-10(15)11(16)6-9(8)14/h5-6,12-13,19H,2-4,7H2,1H3. The van der Waals surface area contributed by atoms with Gasteiger partial charge >= 0.3 is 0 Å². The van der Waals surface area contributed by atoms with Gasteiger partial charge in [0.25, 0.3) is 6.43 Å². The Kier molecular flexibility index (Phi) is 7.26. The molecule has 114 valence electrons. The molecule has 0 fully saturated rings. The molecule has 1 atom stereocenters. The van der Waals surface area contributed by atoms with Crippen molar-refractivity contribution in [3.8, 4) is 0 Å². The smallest absolute Gasteiger partial charge is 0.261 e. The molecule has 0 radical (unpaired) electrons. The summed E-state index contributed by atoms with van der Waals surface area (Å²) in [6.45, 7) is 1.82. The third-order valence-electron chi connectivity index (χ3n) is 2.66. The summed E-state index contributed by atoms with van der Waals surface area (Å²) < 4.78 is 54.9. The number of nitrogens with one attached hydrogen (secondary N) is 1. The third-order valence-corrected chi connectivity index (χ3v) is 2.99. The normalized spacial score (nSPS) is 12.9. The molecule has 1 aromatic rings. The van der Waals surface area contributed by atoms with Crippen molar-refractivity contribution in [3.63, 3.8) is 0 Å². The van der Waals surface area contributed by atoms with Crippen LogP contribution in [0.4, 0.5) is 17.6 Å². The van der Waals surface area contributed by atoms with Crippen LogP contribution in [0.2, 0.25) is 5.02 Å². The molecule has 0 bridgehead atoms. The molecule has 0 heterocycles. The van der Waals surface area contributed by atoms with E-state index in [4.69, 9.17) is 16.3 Å². The molecule has 1 N–H and O–H groups in total. The van der Waals surface area contributed by atoms with Crippen LogP contribution in [0.25, 0.3) is 0 Å². The first-order chi connectivity index (χ1) is 9.45. The molecule has 0 aliphatic rings. The number of rotatable bonds is 8. The van der Waals surface area contributed by atoms with E-state index in [-0.39, 0.29) is 17.7 Å². The number of benzene rings is 1. The van der Waals surface area contributed by atoms with Gasteiger partial charge in [0.05, 0.1) is 0 Å². The highest BCUT2D eigenvalue weighted by molar-refractivity contribution is 6.31. The van der Waals surface area contributed by atoms with Crippen molar-refractivity contribution in [2.24, 2.45) is 0 Å². The molecule has 1 aromatic carbocycles. The second-order valence-electron chi connectivity index (χ2n) is 4.15. The predicted molar refractivity (Wildman–Crippen MR) is 69.2 cm³/mol. The first kappa shape index (κ1) is 17.2. The summed E-state index contributed by atoms with van der Waals surface area (Å²) in [5, 5.41) is 3.12. The molecule has 0 saturated carbocycles. The second kappa shape index (κ2) is 8.44. The summed E-state index contributed by atoms with van der Waals surface area (Å²) in [6.07, 6.45) is -2.20. The van der Waals surface area contributed by atoms with Gasteiger partial charge in [0, 0.05) is 17.7 Å². The van der Waals surface area contributed by atoms with Crippen LogP contribution in [0.1, 0.15) is 24.9 Å². The lowest BCUT2D eigenvalue weighted by Crippen LogP contribution is -2.23. The highest BCUT2D eigenvalue weighted by Crippen LogP contribution is 2.27. The first-order valence-electron chi connectivity index (χ1n) is 6.19. The van der Waals surface area contributed by atoms with Gasteiger partial charge in [-0.3, -0.25) is 0 Å². The van der Waals surface area contributed by atoms with Crippen LogP contribution in [0.5, 0.6) is 0 Å². The van der Waals surface area contributed by atoms with Crippen LogP contribution in [-0.4, -0.2) is 26.2 Å². The minimum Gasteiger partial charge on any atom is -0.375 e. The fourth-order valence-corrected chi connectivity index (χ4v) is 2.07. The van der Waals surface area contributed by atoms with Crippen LogP contribution >= 0.6 is 11.6 Å². The van der Waals surface area contributed by atoms with Crippen molar-refractivity contribution in [2.45, 2.75) is 25.8 Å². The minimum absolute atomic E-state index is 0.0668. The lowest BCUT2D eigenvalue weighted by molar-refractivity contribution is 0.0144. The van der Waals surface area contributed by atoms with Gasteiger partial charge in [-0.2, -0.15) is 0 Å². The fraction of sp³-hybridized carbons (Fsp3) is 0.538. The van der Waals surface area contributed by atoms with Crippen molar-refractivity contribution in [1.82, 2.24) is 5.32 Å². The van der Waals surface area contributed by atoms with E-state index >= 15 is 0 Å². The van der Waals surface area contributed by atoms with Crippen LogP contribution in [0.3, 0.4) is 0 Å². The molecule has 0 aliphatic heterocycles. The van der Waals surface area contributed by atoms with Crippen LogP contribution in [0, 0.1) is 11.6 Å². The van der Waals surface area contributed by atoms with Crippen LogP contribution < -0.4 is 5.32 Å². The van der Waals surface area contributed by atoms with Gasteiger partial charge < -0.3 is 10.1 Å². The molecule has 20 heavy (non-hydrogen) atoms. The quantitative estimate of drug-likeness (QED) is 0.446. The lowest BCUT2D eigenvalue weighted by Gasteiger charge is -2.20. The summed E-state index contributed by atoms with van der Waals surface area (Å²) >= 11 is 5.89. The molecule has 0 amide bonds. The first-order valence-corrected chi connectivity index (χ1v) is 6.57. The molecule has 0 saturated heterocycles. The minimum atomic E-state index is -2.53. The Labute approximate surface area is 120 Å². The van der Waals surface area contributed by atoms with E-state index in [9.17, 15) is 17.6 Å². The van der Waals surface area contributed by atoms with Crippen LogP contribution in [0.15, 0.2) is 12.1 Å². The van der Waals surface area contributed by atoms with Crippen LogP contribution in [-0.2, 0) is 4.74 Å². The molecule has 0 aromatic heterocycles. The Morgan fingerprint density at radius 3 is 2.50 bits per heavy atom. The summed E-state index contributed by atoms with van der Waals surface area (Å²) in [5.41, 5.74) is 0.382. The Hall–Kier alpha value is -0.850. The van der Waals surface area contributed by atoms with Gasteiger partial charge in [-0.25, -0.2) is 17.6 Å². The Morgan fingerprint density at radius 1 is 1.25 bits per heavy atom. The number of alkyl halides is 2. The van der Waals surface area contributed by atoms with Crippen molar-refractivity contribution in [1.29, 1.82) is 0 Å². The molecule has 1 unspecified atom stereocenters. The van der Waals surface area contributed by atoms with E-state index in [1.165, 1.54) is 0 Å². The molecule has 0 spiro atoms.